The smallest absolute Gasteiger partial charge is 0.341 e. The number of Topliss-reactive ketones (excluding diaryl/α,β-unsaturated/α-hetero) is 1. The van der Waals surface area contributed by atoms with Crippen LogP contribution < -0.4 is 4.74 Å². The van der Waals surface area contributed by atoms with Gasteiger partial charge in [-0.05, 0) is 42.8 Å². The Morgan fingerprint density at radius 3 is 2.52 bits per heavy atom. The number of aromatic nitrogens is 1. The minimum atomic E-state index is -1.10. The number of carbonyl (C=O) groups is 2. The Kier molecular flexibility index (Phi) is 4.66. The fourth-order valence-corrected chi connectivity index (χ4v) is 1.83. The van der Waals surface area contributed by atoms with Gasteiger partial charge in [0.15, 0.2) is 5.78 Å². The van der Waals surface area contributed by atoms with Gasteiger partial charge in [0, 0.05) is 18.2 Å². The lowest BCUT2D eigenvalue weighted by atomic mass is 10.1. The van der Waals surface area contributed by atoms with Gasteiger partial charge in [-0.1, -0.05) is 6.92 Å². The molecule has 0 unspecified atom stereocenters. The molecule has 0 spiro atoms. The largest absolute Gasteiger partial charge is 0.477 e. The molecule has 0 fully saturated rings. The highest BCUT2D eigenvalue weighted by molar-refractivity contribution is 5.96. The molecule has 0 atom stereocenters. The molecule has 2 aromatic rings. The topological polar surface area (TPSA) is 76.5 Å². The molecule has 0 saturated heterocycles. The molecule has 5 nitrogen and oxygen atoms in total. The number of aromatic carboxylic acids is 1. The van der Waals surface area contributed by atoms with Crippen LogP contribution in [0.4, 0.5) is 0 Å². The first-order chi connectivity index (χ1) is 10.1. The van der Waals surface area contributed by atoms with Gasteiger partial charge in [0.2, 0.25) is 5.88 Å². The van der Waals surface area contributed by atoms with Crippen LogP contribution in [0.15, 0.2) is 42.6 Å². The first kappa shape index (κ1) is 14.7. The van der Waals surface area contributed by atoms with E-state index in [4.69, 9.17) is 9.84 Å². The van der Waals surface area contributed by atoms with Gasteiger partial charge >= 0.3 is 5.97 Å². The van der Waals surface area contributed by atoms with Gasteiger partial charge in [-0.25, -0.2) is 9.78 Å². The molecule has 108 valence electrons. The summed E-state index contributed by atoms with van der Waals surface area (Å²) in [5.41, 5.74) is 0.604. The first-order valence-electron chi connectivity index (χ1n) is 6.61. The van der Waals surface area contributed by atoms with Crippen LogP contribution in [-0.4, -0.2) is 21.8 Å². The van der Waals surface area contributed by atoms with Crippen molar-refractivity contribution in [1.29, 1.82) is 0 Å². The quantitative estimate of drug-likeness (QED) is 0.821. The molecular formula is C16H15NO4. The lowest BCUT2D eigenvalue weighted by Crippen LogP contribution is -2.02. The highest BCUT2D eigenvalue weighted by atomic mass is 16.5. The van der Waals surface area contributed by atoms with E-state index >= 15 is 0 Å². The van der Waals surface area contributed by atoms with Crippen LogP contribution in [0.3, 0.4) is 0 Å². The summed E-state index contributed by atoms with van der Waals surface area (Å²) in [6.07, 6.45) is 2.76. The molecule has 2 rings (SSSR count). The number of hydrogen-bond acceptors (Lipinski definition) is 4. The summed E-state index contributed by atoms with van der Waals surface area (Å²) >= 11 is 0. The van der Waals surface area contributed by atoms with Gasteiger partial charge in [0.05, 0.1) is 0 Å². The van der Waals surface area contributed by atoms with Crippen LogP contribution in [0.2, 0.25) is 0 Å². The molecule has 0 bridgehead atoms. The van der Waals surface area contributed by atoms with Gasteiger partial charge in [-0.3, -0.25) is 4.79 Å². The minimum absolute atomic E-state index is 0.0105. The van der Waals surface area contributed by atoms with Crippen LogP contribution >= 0.6 is 0 Å². The van der Waals surface area contributed by atoms with E-state index < -0.39 is 5.97 Å². The Bertz CT molecular complexity index is 650. The molecule has 1 heterocycles. The average molecular weight is 285 g/mol. The molecule has 1 N–H and O–H groups in total. The Hall–Kier alpha value is -2.69. The van der Waals surface area contributed by atoms with E-state index in [1.54, 1.807) is 24.3 Å². The van der Waals surface area contributed by atoms with E-state index in [1.165, 1.54) is 18.3 Å². The van der Waals surface area contributed by atoms with Crippen LogP contribution in [0.5, 0.6) is 11.6 Å². The van der Waals surface area contributed by atoms with Crippen LogP contribution in [0.25, 0.3) is 0 Å². The van der Waals surface area contributed by atoms with Crippen molar-refractivity contribution >= 4 is 11.8 Å². The maximum atomic E-state index is 11.7. The highest BCUT2D eigenvalue weighted by Gasteiger charge is 2.13. The van der Waals surface area contributed by atoms with E-state index in [0.29, 0.717) is 17.7 Å². The number of pyridine rings is 1. The van der Waals surface area contributed by atoms with E-state index in [0.717, 1.165) is 6.42 Å². The van der Waals surface area contributed by atoms with Crippen molar-refractivity contribution in [3.63, 3.8) is 0 Å². The summed E-state index contributed by atoms with van der Waals surface area (Å²) in [7, 11) is 0. The molecule has 0 radical (unpaired) electrons. The third-order valence-electron chi connectivity index (χ3n) is 2.87. The fourth-order valence-electron chi connectivity index (χ4n) is 1.83. The van der Waals surface area contributed by atoms with E-state index in [1.807, 2.05) is 6.92 Å². The molecule has 0 amide bonds. The van der Waals surface area contributed by atoms with Gasteiger partial charge in [0.1, 0.15) is 11.3 Å². The second-order valence-corrected chi connectivity index (χ2v) is 4.46. The minimum Gasteiger partial charge on any atom is -0.477 e. The maximum absolute atomic E-state index is 11.7. The normalized spacial score (nSPS) is 10.1. The third kappa shape index (κ3) is 3.66. The van der Waals surface area contributed by atoms with Gasteiger partial charge in [-0.15, -0.1) is 0 Å². The van der Waals surface area contributed by atoms with E-state index in [-0.39, 0.29) is 17.2 Å². The Morgan fingerprint density at radius 1 is 1.19 bits per heavy atom. The van der Waals surface area contributed by atoms with Crippen LogP contribution in [0.1, 0.15) is 40.5 Å². The molecule has 0 aliphatic carbocycles. The van der Waals surface area contributed by atoms with Crippen molar-refractivity contribution in [2.75, 3.05) is 0 Å². The average Bonchev–Trinajstić information content (AvgIpc) is 2.48. The summed E-state index contributed by atoms with van der Waals surface area (Å²) in [5.74, 6) is -0.567. The van der Waals surface area contributed by atoms with Crippen molar-refractivity contribution < 1.29 is 19.4 Å². The van der Waals surface area contributed by atoms with Gasteiger partial charge in [0.25, 0.3) is 0 Å². The monoisotopic (exact) mass is 285 g/mol. The van der Waals surface area contributed by atoms with Crippen molar-refractivity contribution in [1.82, 2.24) is 4.98 Å². The van der Waals surface area contributed by atoms with Crippen LogP contribution in [0, 0.1) is 0 Å². The van der Waals surface area contributed by atoms with Crippen molar-refractivity contribution in [2.24, 2.45) is 0 Å². The summed E-state index contributed by atoms with van der Waals surface area (Å²) in [6, 6.07) is 9.53. The second-order valence-electron chi connectivity index (χ2n) is 4.46. The summed E-state index contributed by atoms with van der Waals surface area (Å²) in [4.78, 5) is 26.7. The maximum Gasteiger partial charge on any atom is 0.341 e. The zero-order valence-electron chi connectivity index (χ0n) is 11.6. The van der Waals surface area contributed by atoms with E-state index in [9.17, 15) is 9.59 Å². The molecule has 5 heteroatoms. The van der Waals surface area contributed by atoms with Crippen molar-refractivity contribution in [2.45, 2.75) is 19.8 Å². The number of benzene rings is 1. The predicted molar refractivity (Wildman–Crippen MR) is 77.0 cm³/mol. The number of nitrogens with zero attached hydrogens (tertiary/aromatic N) is 1. The SMILES string of the molecule is CCCC(=O)c1ccc(Oc2ncccc2C(=O)O)cc1. The Balaban J connectivity index is 2.18. The summed E-state index contributed by atoms with van der Waals surface area (Å²) in [5, 5.41) is 9.05. The highest BCUT2D eigenvalue weighted by Crippen LogP contribution is 2.23. The zero-order valence-corrected chi connectivity index (χ0v) is 11.6. The summed E-state index contributed by atoms with van der Waals surface area (Å²) < 4.78 is 5.46. The molecule has 1 aromatic heterocycles. The standard InChI is InChI=1S/C16H15NO4/c1-2-4-14(18)11-6-8-12(9-7-11)21-15-13(16(19)20)5-3-10-17-15/h3,5-10H,2,4H2,1H3,(H,19,20). The molecule has 21 heavy (non-hydrogen) atoms. The van der Waals surface area contributed by atoms with Crippen LogP contribution in [-0.2, 0) is 0 Å². The molecule has 1 aromatic carbocycles. The lowest BCUT2D eigenvalue weighted by molar-refractivity contribution is 0.0693. The van der Waals surface area contributed by atoms with Gasteiger partial charge in [-0.2, -0.15) is 0 Å². The zero-order chi connectivity index (χ0) is 15.2. The summed E-state index contributed by atoms with van der Waals surface area (Å²) in [6.45, 7) is 1.95. The number of ketones is 1. The van der Waals surface area contributed by atoms with Crippen molar-refractivity contribution in [3.05, 3.63) is 53.7 Å². The number of carboxylic acid groups (broad SMARTS) is 1. The lowest BCUT2D eigenvalue weighted by Gasteiger charge is -2.07. The van der Waals surface area contributed by atoms with Crippen molar-refractivity contribution in [3.8, 4) is 11.6 Å². The Morgan fingerprint density at radius 2 is 1.90 bits per heavy atom. The first-order valence-corrected chi connectivity index (χ1v) is 6.61. The Labute approximate surface area is 122 Å². The predicted octanol–water partition coefficient (Wildman–Crippen LogP) is 3.55. The van der Waals surface area contributed by atoms with Gasteiger partial charge < -0.3 is 9.84 Å². The number of hydrogen-bond donors (Lipinski definition) is 1. The number of carboxylic acids is 1. The number of rotatable bonds is 6. The molecule has 0 aliphatic rings. The number of ether oxygens (including phenoxy) is 1. The fraction of sp³-hybridized carbons (Fsp3) is 0.188. The molecule has 0 saturated carbocycles. The third-order valence-corrected chi connectivity index (χ3v) is 2.87. The number of carbonyl (C=O) groups excluding carboxylic acids is 1. The molecular weight excluding hydrogens is 270 g/mol. The van der Waals surface area contributed by atoms with E-state index in [2.05, 4.69) is 4.98 Å². The second kappa shape index (κ2) is 6.65. The molecule has 0 aliphatic heterocycles.